The van der Waals surface area contributed by atoms with Crippen LogP contribution < -0.4 is 5.73 Å². The van der Waals surface area contributed by atoms with Gasteiger partial charge in [0.15, 0.2) is 5.15 Å². The van der Waals surface area contributed by atoms with Gasteiger partial charge in [0.25, 0.3) is 0 Å². The van der Waals surface area contributed by atoms with Crippen LogP contribution in [-0.4, -0.2) is 9.97 Å². The van der Waals surface area contributed by atoms with E-state index < -0.39 is 0 Å². The van der Waals surface area contributed by atoms with Gasteiger partial charge in [-0.05, 0) is 12.1 Å². The SMILES string of the molecule is NCc1[nH]c(-c2ccc(Br)cc2)nc1Cl. The fraction of sp³-hybridized carbons (Fsp3) is 0.100. The summed E-state index contributed by atoms with van der Waals surface area (Å²) in [4.78, 5) is 7.28. The van der Waals surface area contributed by atoms with Crippen LogP contribution in [0.25, 0.3) is 11.4 Å². The highest BCUT2D eigenvalue weighted by Gasteiger charge is 2.07. The van der Waals surface area contributed by atoms with Crippen molar-refractivity contribution in [2.75, 3.05) is 0 Å². The Balaban J connectivity index is 2.41. The number of nitrogens with two attached hydrogens (primary N) is 1. The van der Waals surface area contributed by atoms with Gasteiger partial charge in [0.2, 0.25) is 0 Å². The molecule has 0 bridgehead atoms. The lowest BCUT2D eigenvalue weighted by atomic mass is 10.2. The number of H-pyrrole nitrogens is 1. The minimum absolute atomic E-state index is 0.363. The van der Waals surface area contributed by atoms with Crippen LogP contribution in [-0.2, 0) is 6.54 Å². The molecule has 0 fully saturated rings. The van der Waals surface area contributed by atoms with Crippen LogP contribution in [0.2, 0.25) is 5.15 Å². The second-order valence-electron chi connectivity index (χ2n) is 3.07. The van der Waals surface area contributed by atoms with Gasteiger partial charge in [0, 0.05) is 16.6 Å². The average Bonchev–Trinajstić information content (AvgIpc) is 2.61. The van der Waals surface area contributed by atoms with Crippen LogP contribution in [0.5, 0.6) is 0 Å². The molecule has 0 atom stereocenters. The summed E-state index contributed by atoms with van der Waals surface area (Å²) in [5, 5.41) is 0.440. The molecule has 1 aromatic carbocycles. The zero-order valence-corrected chi connectivity index (χ0v) is 10.1. The summed E-state index contributed by atoms with van der Waals surface area (Å²) in [6.45, 7) is 0.363. The molecule has 0 aliphatic carbocycles. The molecular formula is C10H9BrClN3. The smallest absolute Gasteiger partial charge is 0.152 e. The maximum atomic E-state index is 5.89. The first-order chi connectivity index (χ1) is 7.20. The minimum atomic E-state index is 0.363. The topological polar surface area (TPSA) is 54.7 Å². The molecule has 0 spiro atoms. The molecule has 2 aromatic rings. The zero-order valence-electron chi connectivity index (χ0n) is 7.80. The second-order valence-corrected chi connectivity index (χ2v) is 4.34. The van der Waals surface area contributed by atoms with Crippen LogP contribution in [0.3, 0.4) is 0 Å². The Morgan fingerprint density at radius 1 is 1.33 bits per heavy atom. The number of imidazole rings is 1. The fourth-order valence-corrected chi connectivity index (χ4v) is 1.74. The van der Waals surface area contributed by atoms with Crippen molar-refractivity contribution in [2.24, 2.45) is 5.73 Å². The van der Waals surface area contributed by atoms with Gasteiger partial charge in [-0.2, -0.15) is 0 Å². The van der Waals surface area contributed by atoms with E-state index in [0.717, 1.165) is 21.6 Å². The van der Waals surface area contributed by atoms with Crippen molar-refractivity contribution in [3.63, 3.8) is 0 Å². The maximum Gasteiger partial charge on any atom is 0.152 e. The van der Waals surface area contributed by atoms with Gasteiger partial charge in [-0.3, -0.25) is 0 Å². The van der Waals surface area contributed by atoms with Crippen LogP contribution in [0, 0.1) is 0 Å². The molecule has 5 heteroatoms. The van der Waals surface area contributed by atoms with Gasteiger partial charge in [-0.1, -0.05) is 39.7 Å². The van der Waals surface area contributed by atoms with E-state index in [0.29, 0.717) is 11.7 Å². The number of nitrogens with one attached hydrogen (secondary N) is 1. The first-order valence-electron chi connectivity index (χ1n) is 4.41. The largest absolute Gasteiger partial charge is 0.339 e. The van der Waals surface area contributed by atoms with Crippen LogP contribution in [0.4, 0.5) is 0 Å². The van der Waals surface area contributed by atoms with E-state index in [4.69, 9.17) is 17.3 Å². The lowest BCUT2D eigenvalue weighted by Crippen LogP contribution is -1.96. The Morgan fingerprint density at radius 3 is 2.53 bits per heavy atom. The maximum absolute atomic E-state index is 5.89. The van der Waals surface area contributed by atoms with Crippen molar-refractivity contribution in [1.82, 2.24) is 9.97 Å². The summed E-state index contributed by atoms with van der Waals surface area (Å²) < 4.78 is 1.03. The number of rotatable bonds is 2. The van der Waals surface area contributed by atoms with E-state index in [2.05, 4.69) is 25.9 Å². The molecule has 0 aliphatic rings. The number of hydrogen-bond donors (Lipinski definition) is 2. The lowest BCUT2D eigenvalue weighted by Gasteiger charge is -1.96. The predicted molar refractivity (Wildman–Crippen MR) is 64.6 cm³/mol. The number of aromatic amines is 1. The highest BCUT2D eigenvalue weighted by atomic mass is 79.9. The lowest BCUT2D eigenvalue weighted by molar-refractivity contribution is 1.01. The molecule has 2 rings (SSSR count). The van der Waals surface area contributed by atoms with E-state index in [-0.39, 0.29) is 0 Å². The van der Waals surface area contributed by atoms with Gasteiger partial charge in [-0.25, -0.2) is 4.98 Å². The monoisotopic (exact) mass is 285 g/mol. The number of benzene rings is 1. The minimum Gasteiger partial charge on any atom is -0.339 e. The zero-order chi connectivity index (χ0) is 10.8. The molecular weight excluding hydrogens is 277 g/mol. The number of hydrogen-bond acceptors (Lipinski definition) is 2. The number of aromatic nitrogens is 2. The molecule has 0 saturated heterocycles. The fourth-order valence-electron chi connectivity index (χ4n) is 1.27. The first kappa shape index (κ1) is 10.7. The molecule has 0 unspecified atom stereocenters. The second kappa shape index (κ2) is 4.35. The molecule has 0 saturated carbocycles. The van der Waals surface area contributed by atoms with Crippen LogP contribution in [0.15, 0.2) is 28.7 Å². The molecule has 0 radical (unpaired) electrons. The van der Waals surface area contributed by atoms with Crippen LogP contribution in [0.1, 0.15) is 5.69 Å². The van der Waals surface area contributed by atoms with Gasteiger partial charge in [-0.15, -0.1) is 0 Å². The number of nitrogens with zero attached hydrogens (tertiary/aromatic N) is 1. The normalized spacial score (nSPS) is 10.6. The Kier molecular flexibility index (Phi) is 3.09. The summed E-state index contributed by atoms with van der Waals surface area (Å²) in [5.41, 5.74) is 7.25. The van der Waals surface area contributed by atoms with Gasteiger partial charge < -0.3 is 10.7 Å². The summed E-state index contributed by atoms with van der Waals surface area (Å²) >= 11 is 9.27. The molecule has 1 aromatic heterocycles. The van der Waals surface area contributed by atoms with Gasteiger partial charge in [0.05, 0.1) is 5.69 Å². The average molecular weight is 287 g/mol. The van der Waals surface area contributed by atoms with Gasteiger partial charge >= 0.3 is 0 Å². The Labute approximate surface area is 101 Å². The van der Waals surface area contributed by atoms with E-state index in [1.807, 2.05) is 24.3 Å². The molecule has 3 nitrogen and oxygen atoms in total. The highest BCUT2D eigenvalue weighted by Crippen LogP contribution is 2.22. The van der Waals surface area contributed by atoms with Gasteiger partial charge in [0.1, 0.15) is 5.82 Å². The van der Waals surface area contributed by atoms with E-state index in [1.165, 1.54) is 0 Å². The van der Waals surface area contributed by atoms with Crippen LogP contribution >= 0.6 is 27.5 Å². The molecule has 3 N–H and O–H groups in total. The predicted octanol–water partition coefficient (Wildman–Crippen LogP) is 2.95. The van der Waals surface area contributed by atoms with Crippen molar-refractivity contribution in [1.29, 1.82) is 0 Å². The van der Waals surface area contributed by atoms with Crippen molar-refractivity contribution in [3.05, 3.63) is 39.6 Å². The Morgan fingerprint density at radius 2 is 2.00 bits per heavy atom. The van der Waals surface area contributed by atoms with Crippen molar-refractivity contribution < 1.29 is 0 Å². The van der Waals surface area contributed by atoms with E-state index >= 15 is 0 Å². The van der Waals surface area contributed by atoms with Crippen molar-refractivity contribution in [3.8, 4) is 11.4 Å². The molecule has 1 heterocycles. The number of halogens is 2. The Hall–Kier alpha value is -0.840. The third kappa shape index (κ3) is 2.22. The summed E-state index contributed by atoms with van der Waals surface area (Å²) in [6, 6.07) is 7.82. The quantitative estimate of drug-likeness (QED) is 0.892. The molecule has 0 aliphatic heterocycles. The molecule has 78 valence electrons. The first-order valence-corrected chi connectivity index (χ1v) is 5.58. The van der Waals surface area contributed by atoms with E-state index in [9.17, 15) is 0 Å². The standard InChI is InChI=1S/C10H9BrClN3/c11-7-3-1-6(2-4-7)10-14-8(5-13)9(12)15-10/h1-4H,5,13H2,(H,14,15). The summed E-state index contributed by atoms with van der Waals surface area (Å²) in [7, 11) is 0. The van der Waals surface area contributed by atoms with Crippen molar-refractivity contribution >= 4 is 27.5 Å². The summed E-state index contributed by atoms with van der Waals surface area (Å²) in [5.74, 6) is 0.743. The molecule has 15 heavy (non-hydrogen) atoms. The van der Waals surface area contributed by atoms with Crippen molar-refractivity contribution in [2.45, 2.75) is 6.54 Å². The van der Waals surface area contributed by atoms with E-state index in [1.54, 1.807) is 0 Å². The molecule has 0 amide bonds. The Bertz CT molecular complexity index is 464. The third-order valence-corrected chi connectivity index (χ3v) is 2.89. The summed E-state index contributed by atoms with van der Waals surface area (Å²) in [6.07, 6.45) is 0. The third-order valence-electron chi connectivity index (χ3n) is 2.05. The highest BCUT2D eigenvalue weighted by molar-refractivity contribution is 9.10.